The Morgan fingerprint density at radius 3 is 2.94 bits per heavy atom. The van der Waals surface area contributed by atoms with Gasteiger partial charge in [-0.3, -0.25) is 4.68 Å². The van der Waals surface area contributed by atoms with E-state index in [1.54, 1.807) is 7.05 Å². The van der Waals surface area contributed by atoms with Crippen LogP contribution in [0.5, 0.6) is 0 Å². The highest BCUT2D eigenvalue weighted by atomic mass is 32.2. The lowest BCUT2D eigenvalue weighted by Gasteiger charge is -2.19. The van der Waals surface area contributed by atoms with Crippen LogP contribution >= 0.6 is 0 Å². The van der Waals surface area contributed by atoms with Gasteiger partial charge < -0.3 is 4.74 Å². The Kier molecular flexibility index (Phi) is 3.50. The third kappa shape index (κ3) is 2.85. The molecule has 6 nitrogen and oxygen atoms in total. The summed E-state index contributed by atoms with van der Waals surface area (Å²) in [4.78, 5) is 0.185. The average Bonchev–Trinajstić information content (AvgIpc) is 2.86. The highest BCUT2D eigenvalue weighted by molar-refractivity contribution is 7.89. The summed E-state index contributed by atoms with van der Waals surface area (Å²) in [6.07, 6.45) is 4.68. The van der Waals surface area contributed by atoms with E-state index in [4.69, 9.17) is 4.74 Å². The van der Waals surface area contributed by atoms with E-state index in [1.807, 2.05) is 6.92 Å². The monoisotopic (exact) mass is 259 g/mol. The lowest BCUT2D eigenvalue weighted by atomic mass is 10.1. The molecule has 0 bridgehead atoms. The molecule has 2 rings (SSSR count). The lowest BCUT2D eigenvalue weighted by molar-refractivity contribution is 0.0902. The van der Waals surface area contributed by atoms with Crippen LogP contribution in [0.3, 0.4) is 0 Å². The van der Waals surface area contributed by atoms with Gasteiger partial charge in [0.25, 0.3) is 0 Å². The van der Waals surface area contributed by atoms with Crippen LogP contribution in [0.2, 0.25) is 0 Å². The zero-order valence-electron chi connectivity index (χ0n) is 9.96. The molecule has 1 aliphatic heterocycles. The number of ether oxygens (including phenoxy) is 1. The minimum absolute atomic E-state index is 0.0264. The molecular weight excluding hydrogens is 242 g/mol. The summed E-state index contributed by atoms with van der Waals surface area (Å²) in [5, 5.41) is 3.85. The van der Waals surface area contributed by atoms with E-state index in [9.17, 15) is 8.42 Å². The normalized spacial score (nSPS) is 22.8. The van der Waals surface area contributed by atoms with E-state index in [2.05, 4.69) is 9.82 Å². The Hall–Kier alpha value is -0.920. The number of aryl methyl sites for hydroxylation is 1. The van der Waals surface area contributed by atoms with Gasteiger partial charge >= 0.3 is 0 Å². The minimum Gasteiger partial charge on any atom is -0.377 e. The van der Waals surface area contributed by atoms with E-state index >= 15 is 0 Å². The SMILES string of the molecule is C[C@H](NS(=O)(=O)c1cnn(C)c1)[C@@H]1CCCO1. The quantitative estimate of drug-likeness (QED) is 0.842. The Morgan fingerprint density at radius 1 is 1.65 bits per heavy atom. The minimum atomic E-state index is -3.49. The molecule has 17 heavy (non-hydrogen) atoms. The van der Waals surface area contributed by atoms with Gasteiger partial charge in [0, 0.05) is 25.9 Å². The molecule has 1 N–H and O–H groups in total. The summed E-state index contributed by atoms with van der Waals surface area (Å²) >= 11 is 0. The second-order valence-electron chi connectivity index (χ2n) is 4.31. The summed E-state index contributed by atoms with van der Waals surface area (Å²) in [5.41, 5.74) is 0. The van der Waals surface area contributed by atoms with Crippen molar-refractivity contribution < 1.29 is 13.2 Å². The highest BCUT2D eigenvalue weighted by Crippen LogP contribution is 2.17. The third-order valence-corrected chi connectivity index (χ3v) is 4.37. The maximum atomic E-state index is 12.0. The van der Waals surface area contributed by atoms with Gasteiger partial charge in [-0.15, -0.1) is 0 Å². The summed E-state index contributed by atoms with van der Waals surface area (Å²) in [7, 11) is -1.81. The van der Waals surface area contributed by atoms with Gasteiger partial charge in [-0.05, 0) is 19.8 Å². The van der Waals surface area contributed by atoms with E-state index < -0.39 is 10.0 Å². The van der Waals surface area contributed by atoms with Gasteiger partial charge in [-0.1, -0.05) is 0 Å². The number of hydrogen-bond acceptors (Lipinski definition) is 4. The second-order valence-corrected chi connectivity index (χ2v) is 6.03. The van der Waals surface area contributed by atoms with Gasteiger partial charge in [0.15, 0.2) is 0 Å². The molecular formula is C10H17N3O3S. The topological polar surface area (TPSA) is 73.2 Å². The zero-order chi connectivity index (χ0) is 12.5. The molecule has 7 heteroatoms. The van der Waals surface area contributed by atoms with Crippen LogP contribution in [-0.2, 0) is 21.8 Å². The van der Waals surface area contributed by atoms with E-state index in [-0.39, 0.29) is 17.0 Å². The standard InChI is InChI=1S/C10H17N3O3S/c1-8(10-4-3-5-16-10)12-17(14,15)9-6-11-13(2)7-9/h6-8,10,12H,3-5H2,1-2H3/t8-,10-/m0/s1. The summed E-state index contributed by atoms with van der Waals surface area (Å²) in [5.74, 6) is 0. The second kappa shape index (κ2) is 4.75. The van der Waals surface area contributed by atoms with Gasteiger partial charge in [0.1, 0.15) is 4.90 Å². The van der Waals surface area contributed by atoms with E-state index in [0.29, 0.717) is 6.61 Å². The first-order valence-corrected chi connectivity index (χ1v) is 7.10. The molecule has 96 valence electrons. The van der Waals surface area contributed by atoms with Crippen molar-refractivity contribution in [3.8, 4) is 0 Å². The number of hydrogen-bond donors (Lipinski definition) is 1. The first-order valence-electron chi connectivity index (χ1n) is 5.61. The molecule has 0 aromatic carbocycles. The molecule has 0 aliphatic carbocycles. The van der Waals surface area contributed by atoms with Gasteiger partial charge in [-0.2, -0.15) is 5.10 Å². The van der Waals surface area contributed by atoms with Crippen molar-refractivity contribution in [1.29, 1.82) is 0 Å². The molecule has 1 saturated heterocycles. The molecule has 2 heterocycles. The van der Waals surface area contributed by atoms with Crippen molar-refractivity contribution in [2.24, 2.45) is 7.05 Å². The van der Waals surface area contributed by atoms with Crippen molar-refractivity contribution in [2.75, 3.05) is 6.61 Å². The molecule has 2 atom stereocenters. The van der Waals surface area contributed by atoms with Crippen molar-refractivity contribution in [2.45, 2.75) is 36.8 Å². The number of aromatic nitrogens is 2. The zero-order valence-corrected chi connectivity index (χ0v) is 10.8. The fourth-order valence-electron chi connectivity index (χ4n) is 1.92. The Balaban J connectivity index is 2.06. The average molecular weight is 259 g/mol. The number of nitrogens with zero attached hydrogens (tertiary/aromatic N) is 2. The van der Waals surface area contributed by atoms with Crippen molar-refractivity contribution in [3.63, 3.8) is 0 Å². The van der Waals surface area contributed by atoms with Crippen molar-refractivity contribution in [1.82, 2.24) is 14.5 Å². The number of rotatable bonds is 4. The summed E-state index contributed by atoms with van der Waals surface area (Å²) in [6.45, 7) is 2.54. The van der Waals surface area contributed by atoms with Crippen molar-refractivity contribution in [3.05, 3.63) is 12.4 Å². The molecule has 0 saturated carbocycles. The van der Waals surface area contributed by atoms with E-state index in [0.717, 1.165) is 12.8 Å². The Labute approximate surface area is 101 Å². The molecule has 0 spiro atoms. The largest absolute Gasteiger partial charge is 0.377 e. The summed E-state index contributed by atoms with van der Waals surface area (Å²) < 4.78 is 33.5. The lowest BCUT2D eigenvalue weighted by Crippen LogP contribution is -2.40. The Bertz CT molecular complexity index is 477. The van der Waals surface area contributed by atoms with Gasteiger partial charge in [-0.25, -0.2) is 13.1 Å². The Morgan fingerprint density at radius 2 is 2.41 bits per heavy atom. The van der Waals surface area contributed by atoms with Gasteiger partial charge in [0.2, 0.25) is 10.0 Å². The fourth-order valence-corrected chi connectivity index (χ4v) is 3.18. The van der Waals surface area contributed by atoms with Crippen LogP contribution in [0.1, 0.15) is 19.8 Å². The van der Waals surface area contributed by atoms with Crippen LogP contribution in [0.4, 0.5) is 0 Å². The smallest absolute Gasteiger partial charge is 0.244 e. The van der Waals surface area contributed by atoms with Crippen LogP contribution in [0.15, 0.2) is 17.3 Å². The first-order chi connectivity index (χ1) is 7.99. The van der Waals surface area contributed by atoms with Crippen LogP contribution in [-0.4, -0.2) is 37.0 Å². The third-order valence-electron chi connectivity index (χ3n) is 2.86. The maximum absolute atomic E-state index is 12.0. The molecule has 1 aromatic heterocycles. The number of nitrogens with one attached hydrogen (secondary N) is 1. The number of sulfonamides is 1. The van der Waals surface area contributed by atoms with E-state index in [1.165, 1.54) is 17.1 Å². The molecule has 0 radical (unpaired) electrons. The van der Waals surface area contributed by atoms with Crippen LogP contribution in [0.25, 0.3) is 0 Å². The predicted octanol–water partition coefficient (Wildman–Crippen LogP) is 0.266. The van der Waals surface area contributed by atoms with Crippen LogP contribution < -0.4 is 4.72 Å². The predicted molar refractivity (Wildman–Crippen MR) is 62.0 cm³/mol. The highest BCUT2D eigenvalue weighted by Gasteiger charge is 2.27. The molecule has 1 fully saturated rings. The summed E-state index contributed by atoms with van der Waals surface area (Å²) in [6, 6.07) is -0.220. The molecule has 0 unspecified atom stereocenters. The van der Waals surface area contributed by atoms with Crippen LogP contribution in [0, 0.1) is 0 Å². The molecule has 0 amide bonds. The first kappa shape index (κ1) is 12.5. The molecule has 1 aromatic rings. The van der Waals surface area contributed by atoms with Gasteiger partial charge in [0.05, 0.1) is 12.3 Å². The molecule has 1 aliphatic rings. The maximum Gasteiger partial charge on any atom is 0.244 e. The fraction of sp³-hybridized carbons (Fsp3) is 0.700. The van der Waals surface area contributed by atoms with Crippen molar-refractivity contribution >= 4 is 10.0 Å².